The van der Waals surface area contributed by atoms with Gasteiger partial charge in [-0.3, -0.25) is 4.79 Å². The second-order valence-electron chi connectivity index (χ2n) is 3.85. The highest BCUT2D eigenvalue weighted by molar-refractivity contribution is 7.88. The number of para-hydroxylation sites is 1. The van der Waals surface area contributed by atoms with Crippen molar-refractivity contribution in [2.75, 3.05) is 32.2 Å². The van der Waals surface area contributed by atoms with Crippen LogP contribution in [0.5, 0.6) is 5.75 Å². The van der Waals surface area contributed by atoms with E-state index >= 15 is 0 Å². The molecule has 8 heteroatoms. The highest BCUT2D eigenvalue weighted by Crippen LogP contribution is 2.25. The largest absolute Gasteiger partial charge is 0.494 e. The summed E-state index contributed by atoms with van der Waals surface area (Å²) >= 11 is 0. The first kappa shape index (κ1) is 15.3. The molecule has 0 fully saturated rings. The number of ether oxygens (including phenoxy) is 1. The minimum Gasteiger partial charge on any atom is -0.494 e. The number of sulfonamides is 1. The molecule has 0 spiro atoms. The average Bonchev–Trinajstić information content (AvgIpc) is 2.33. The van der Waals surface area contributed by atoms with Crippen molar-refractivity contribution >= 4 is 21.6 Å². The first-order valence-electron chi connectivity index (χ1n) is 5.50. The summed E-state index contributed by atoms with van der Waals surface area (Å²) in [5.41, 5.74) is 6.36. The molecule has 0 atom stereocenters. The van der Waals surface area contributed by atoms with Gasteiger partial charge in [0.15, 0.2) is 5.75 Å². The van der Waals surface area contributed by atoms with Crippen LogP contribution < -0.4 is 20.5 Å². The third kappa shape index (κ3) is 4.76. The summed E-state index contributed by atoms with van der Waals surface area (Å²) in [5.74, 6) is -0.0736. The maximum Gasteiger partial charge on any atom is 0.255 e. The molecule has 0 aromatic heterocycles. The van der Waals surface area contributed by atoms with Gasteiger partial charge in [-0.15, -0.1) is 0 Å². The summed E-state index contributed by atoms with van der Waals surface area (Å²) in [7, 11) is -1.83. The number of nitrogen functional groups attached to an aromatic ring is 1. The summed E-state index contributed by atoms with van der Waals surface area (Å²) < 4.78 is 29.0. The molecule has 0 unspecified atom stereocenters. The van der Waals surface area contributed by atoms with Crippen LogP contribution in [0.25, 0.3) is 0 Å². The number of amides is 1. The molecule has 0 saturated carbocycles. The van der Waals surface area contributed by atoms with Gasteiger partial charge < -0.3 is 15.8 Å². The Morgan fingerprint density at radius 1 is 1.37 bits per heavy atom. The lowest BCUT2D eigenvalue weighted by molar-refractivity contribution is 0.0951. The zero-order valence-corrected chi connectivity index (χ0v) is 11.6. The van der Waals surface area contributed by atoms with Crippen molar-refractivity contribution in [3.8, 4) is 5.75 Å². The van der Waals surface area contributed by atoms with Gasteiger partial charge in [0, 0.05) is 13.1 Å². The lowest BCUT2D eigenvalue weighted by Crippen LogP contribution is -2.34. The molecule has 19 heavy (non-hydrogen) atoms. The number of carbonyl (C=O) groups is 1. The van der Waals surface area contributed by atoms with Crippen LogP contribution in [0.15, 0.2) is 18.2 Å². The molecule has 7 nitrogen and oxygen atoms in total. The molecular weight excluding hydrogens is 270 g/mol. The molecule has 4 N–H and O–H groups in total. The minimum absolute atomic E-state index is 0.120. The highest BCUT2D eigenvalue weighted by Gasteiger charge is 2.13. The first-order valence-corrected chi connectivity index (χ1v) is 7.39. The number of carbonyl (C=O) groups excluding carboxylic acids is 1. The SMILES string of the molecule is COc1c(N)cccc1C(=O)NCCNS(C)(=O)=O. The van der Waals surface area contributed by atoms with E-state index in [4.69, 9.17) is 10.5 Å². The molecule has 0 saturated heterocycles. The number of hydrogen-bond acceptors (Lipinski definition) is 5. The van der Waals surface area contributed by atoms with E-state index in [1.165, 1.54) is 7.11 Å². The molecule has 0 radical (unpaired) electrons. The zero-order chi connectivity index (χ0) is 14.5. The number of benzene rings is 1. The molecule has 0 aliphatic carbocycles. The maximum atomic E-state index is 11.9. The van der Waals surface area contributed by atoms with Crippen molar-refractivity contribution in [2.24, 2.45) is 0 Å². The molecule has 0 aliphatic rings. The Morgan fingerprint density at radius 2 is 2.05 bits per heavy atom. The fourth-order valence-electron chi connectivity index (χ4n) is 1.47. The van der Waals surface area contributed by atoms with Crippen molar-refractivity contribution in [3.63, 3.8) is 0 Å². The first-order chi connectivity index (χ1) is 8.85. The smallest absolute Gasteiger partial charge is 0.255 e. The van der Waals surface area contributed by atoms with E-state index in [-0.39, 0.29) is 19.0 Å². The van der Waals surface area contributed by atoms with Crippen molar-refractivity contribution in [1.82, 2.24) is 10.0 Å². The Morgan fingerprint density at radius 3 is 2.63 bits per heavy atom. The third-order valence-electron chi connectivity index (χ3n) is 2.27. The number of hydrogen-bond donors (Lipinski definition) is 3. The highest BCUT2D eigenvalue weighted by atomic mass is 32.2. The zero-order valence-electron chi connectivity index (χ0n) is 10.8. The van der Waals surface area contributed by atoms with Crippen LogP contribution in [-0.4, -0.2) is 40.8 Å². The van der Waals surface area contributed by atoms with Gasteiger partial charge in [0.25, 0.3) is 5.91 Å². The lowest BCUT2D eigenvalue weighted by atomic mass is 10.1. The summed E-state index contributed by atoms with van der Waals surface area (Å²) in [6.07, 6.45) is 1.05. The van der Waals surface area contributed by atoms with Crippen LogP contribution in [0.4, 0.5) is 5.69 Å². The van der Waals surface area contributed by atoms with Crippen LogP contribution in [0.2, 0.25) is 0 Å². The predicted octanol–water partition coefficient (Wildman–Crippen LogP) is -0.444. The molecule has 1 aromatic carbocycles. The van der Waals surface area contributed by atoms with Crippen LogP contribution in [0.3, 0.4) is 0 Å². The summed E-state index contributed by atoms with van der Waals surface area (Å²) in [4.78, 5) is 11.9. The van der Waals surface area contributed by atoms with Crippen molar-refractivity contribution in [1.29, 1.82) is 0 Å². The molecule has 106 valence electrons. The molecule has 1 aromatic rings. The summed E-state index contributed by atoms with van der Waals surface area (Å²) in [6.45, 7) is 0.291. The van der Waals surface area contributed by atoms with Crippen LogP contribution >= 0.6 is 0 Å². The molecule has 1 amide bonds. The third-order valence-corrected chi connectivity index (χ3v) is 3.00. The second-order valence-corrected chi connectivity index (χ2v) is 5.68. The van der Waals surface area contributed by atoms with Gasteiger partial charge in [-0.05, 0) is 12.1 Å². The van der Waals surface area contributed by atoms with Gasteiger partial charge in [-0.25, -0.2) is 13.1 Å². The van der Waals surface area contributed by atoms with E-state index in [9.17, 15) is 13.2 Å². The predicted molar refractivity (Wildman–Crippen MR) is 72.6 cm³/mol. The fourth-order valence-corrected chi connectivity index (χ4v) is 1.94. The molecule has 0 aliphatic heterocycles. The summed E-state index contributed by atoms with van der Waals surface area (Å²) in [6, 6.07) is 4.84. The number of methoxy groups -OCH3 is 1. The van der Waals surface area contributed by atoms with Gasteiger partial charge in [-0.2, -0.15) is 0 Å². The van der Waals surface area contributed by atoms with Crippen LogP contribution in [-0.2, 0) is 10.0 Å². The van der Waals surface area contributed by atoms with Gasteiger partial charge in [-0.1, -0.05) is 6.07 Å². The van der Waals surface area contributed by atoms with Gasteiger partial charge in [0.1, 0.15) is 0 Å². The Balaban J connectivity index is 2.62. The monoisotopic (exact) mass is 287 g/mol. The van der Waals surface area contributed by atoms with Crippen molar-refractivity contribution in [2.45, 2.75) is 0 Å². The minimum atomic E-state index is -3.25. The maximum absolute atomic E-state index is 11.9. The Hall–Kier alpha value is -1.80. The topological polar surface area (TPSA) is 111 Å². The van der Waals surface area contributed by atoms with E-state index in [0.717, 1.165) is 6.26 Å². The number of nitrogens with two attached hydrogens (primary N) is 1. The van der Waals surface area contributed by atoms with E-state index in [0.29, 0.717) is 17.0 Å². The normalized spacial score (nSPS) is 11.1. The Labute approximate surface area is 112 Å². The van der Waals surface area contributed by atoms with E-state index in [1.807, 2.05) is 0 Å². The van der Waals surface area contributed by atoms with E-state index in [2.05, 4.69) is 10.0 Å². The standard InChI is InChI=1S/C11H17N3O4S/c1-18-10-8(4-3-5-9(10)12)11(15)13-6-7-14-19(2,16)17/h3-5,14H,6-7,12H2,1-2H3,(H,13,15). The average molecular weight is 287 g/mol. The van der Waals surface area contributed by atoms with Gasteiger partial charge >= 0.3 is 0 Å². The van der Waals surface area contributed by atoms with Crippen LogP contribution in [0, 0.1) is 0 Å². The molecule has 1 rings (SSSR count). The van der Waals surface area contributed by atoms with Gasteiger partial charge in [0.05, 0.1) is 24.6 Å². The molecule has 0 heterocycles. The van der Waals surface area contributed by atoms with Gasteiger partial charge in [0.2, 0.25) is 10.0 Å². The van der Waals surface area contributed by atoms with Crippen molar-refractivity contribution in [3.05, 3.63) is 23.8 Å². The number of nitrogens with one attached hydrogen (secondary N) is 2. The Kier molecular flexibility index (Phi) is 5.13. The van der Waals surface area contributed by atoms with E-state index < -0.39 is 10.0 Å². The van der Waals surface area contributed by atoms with Crippen LogP contribution in [0.1, 0.15) is 10.4 Å². The number of rotatable bonds is 6. The molecular formula is C11H17N3O4S. The summed E-state index contributed by atoms with van der Waals surface area (Å²) in [5, 5.41) is 2.57. The molecule has 0 bridgehead atoms. The van der Waals surface area contributed by atoms with Crippen molar-refractivity contribution < 1.29 is 17.9 Å². The lowest BCUT2D eigenvalue weighted by Gasteiger charge is -2.11. The number of anilines is 1. The second kappa shape index (κ2) is 6.39. The van der Waals surface area contributed by atoms with E-state index in [1.54, 1.807) is 18.2 Å². The quantitative estimate of drug-likeness (QED) is 0.485. The Bertz CT molecular complexity index is 557. The fraction of sp³-hybridized carbons (Fsp3) is 0.364.